The molecule has 0 radical (unpaired) electrons. The van der Waals surface area contributed by atoms with Crippen LogP contribution in [-0.4, -0.2) is 23.5 Å². The van der Waals surface area contributed by atoms with Crippen LogP contribution in [0.5, 0.6) is 0 Å². The zero-order valence-corrected chi connectivity index (χ0v) is 8.28. The highest BCUT2D eigenvalue weighted by Crippen LogP contribution is 2.36. The van der Waals surface area contributed by atoms with E-state index in [0.29, 0.717) is 0 Å². The summed E-state index contributed by atoms with van der Waals surface area (Å²) in [6, 6.07) is 0. The molecule has 0 aromatic rings. The monoisotopic (exact) mass is 264 g/mol. The van der Waals surface area contributed by atoms with Crippen molar-refractivity contribution in [2.75, 3.05) is 5.75 Å². The second kappa shape index (κ2) is 3.40. The van der Waals surface area contributed by atoms with E-state index in [9.17, 15) is 21.6 Å². The van der Waals surface area contributed by atoms with E-state index in [4.69, 9.17) is 34.8 Å². The molecular formula is C3H2Cl3F3O2S. The van der Waals surface area contributed by atoms with Gasteiger partial charge in [-0.2, -0.15) is 13.2 Å². The Kier molecular flexibility index (Phi) is 3.57. The minimum atomic E-state index is -4.90. The molecule has 0 amide bonds. The van der Waals surface area contributed by atoms with Crippen LogP contribution in [0.1, 0.15) is 0 Å². The highest BCUT2D eigenvalue weighted by Gasteiger charge is 2.46. The minimum Gasteiger partial charge on any atom is -0.224 e. The molecule has 0 bridgehead atoms. The summed E-state index contributed by atoms with van der Waals surface area (Å²) in [5.41, 5.74) is 0. The van der Waals surface area contributed by atoms with Crippen LogP contribution >= 0.6 is 34.8 Å². The lowest BCUT2D eigenvalue weighted by molar-refractivity contribution is -0.106. The van der Waals surface area contributed by atoms with Crippen LogP contribution in [0.3, 0.4) is 0 Å². The molecule has 0 aliphatic rings. The molecule has 9 heteroatoms. The van der Waals surface area contributed by atoms with Crippen molar-refractivity contribution >= 4 is 44.6 Å². The maximum Gasteiger partial charge on any atom is 0.402 e. The van der Waals surface area contributed by atoms with Crippen LogP contribution in [0.4, 0.5) is 13.2 Å². The highest BCUT2D eigenvalue weighted by molar-refractivity contribution is 7.97. The molecule has 0 saturated carbocycles. The van der Waals surface area contributed by atoms with E-state index in [1.807, 2.05) is 0 Å². The molecule has 74 valence electrons. The van der Waals surface area contributed by atoms with Gasteiger partial charge < -0.3 is 0 Å². The quantitative estimate of drug-likeness (QED) is 0.682. The third-order valence-corrected chi connectivity index (χ3v) is 4.23. The lowest BCUT2D eigenvalue weighted by atomic mass is 10.8. The number of hydrogen-bond acceptors (Lipinski definition) is 2. The molecule has 0 atom stereocenters. The minimum absolute atomic E-state index is 2.14. The second-order valence-electron chi connectivity index (χ2n) is 1.82. The predicted octanol–water partition coefficient (Wildman–Crippen LogP) is 2.29. The first-order valence-corrected chi connectivity index (χ1v) is 5.10. The summed E-state index contributed by atoms with van der Waals surface area (Å²) in [7, 11) is -4.78. The number of hydrogen-bond donors (Lipinski definition) is 0. The van der Waals surface area contributed by atoms with E-state index in [2.05, 4.69) is 0 Å². The number of rotatable bonds is 1. The summed E-state index contributed by atoms with van der Waals surface area (Å²) in [6.45, 7) is 0. The topological polar surface area (TPSA) is 34.1 Å². The Balaban J connectivity index is 4.70. The molecule has 0 aromatic carbocycles. The van der Waals surface area contributed by atoms with Crippen molar-refractivity contribution in [2.24, 2.45) is 0 Å². The number of halogens is 6. The molecule has 0 aliphatic carbocycles. The van der Waals surface area contributed by atoms with Crippen LogP contribution in [0.25, 0.3) is 0 Å². The van der Waals surface area contributed by atoms with Gasteiger partial charge in [0.05, 0.1) is 0 Å². The Morgan fingerprint density at radius 3 is 1.50 bits per heavy atom. The van der Waals surface area contributed by atoms with Gasteiger partial charge in [-0.3, -0.25) is 0 Å². The maximum absolute atomic E-state index is 11.5. The third kappa shape index (κ3) is 4.02. The van der Waals surface area contributed by atoms with Gasteiger partial charge in [0.25, 0.3) is 3.12 Å². The fourth-order valence-corrected chi connectivity index (χ4v) is 1.38. The van der Waals surface area contributed by atoms with Gasteiger partial charge in [-0.1, -0.05) is 34.8 Å². The van der Waals surface area contributed by atoms with Crippen LogP contribution < -0.4 is 0 Å². The zero-order chi connectivity index (χ0) is 10.2. The molecule has 0 aromatic heterocycles. The molecule has 0 fully saturated rings. The van der Waals surface area contributed by atoms with E-state index in [1.54, 1.807) is 0 Å². The molecule has 12 heavy (non-hydrogen) atoms. The fourth-order valence-electron chi connectivity index (χ4n) is 0.297. The molecule has 0 aliphatic heterocycles. The van der Waals surface area contributed by atoms with Gasteiger partial charge in [0.2, 0.25) is 9.84 Å². The summed E-state index contributed by atoms with van der Waals surface area (Å²) in [5.74, 6) is -2.14. The first kappa shape index (κ1) is 12.6. The van der Waals surface area contributed by atoms with Gasteiger partial charge in [-0.25, -0.2) is 8.42 Å². The van der Waals surface area contributed by atoms with Gasteiger partial charge in [0, 0.05) is 0 Å². The smallest absolute Gasteiger partial charge is 0.224 e. The van der Waals surface area contributed by atoms with Crippen LogP contribution in [-0.2, 0) is 9.84 Å². The third-order valence-electron chi connectivity index (χ3n) is 0.706. The summed E-state index contributed by atoms with van der Waals surface area (Å²) < 4.78 is 52.8. The molecule has 0 spiro atoms. The predicted molar refractivity (Wildman–Crippen MR) is 40.1 cm³/mol. The Morgan fingerprint density at radius 1 is 1.08 bits per heavy atom. The van der Waals surface area contributed by atoms with E-state index in [-0.39, 0.29) is 0 Å². The largest absolute Gasteiger partial charge is 0.402 e. The molecule has 0 rings (SSSR count). The van der Waals surface area contributed by atoms with E-state index < -0.39 is 24.9 Å². The van der Waals surface area contributed by atoms with Gasteiger partial charge >= 0.3 is 6.18 Å². The van der Waals surface area contributed by atoms with Gasteiger partial charge in [0.1, 0.15) is 0 Å². The average Bonchev–Trinajstić information content (AvgIpc) is 1.52. The first-order valence-electron chi connectivity index (χ1n) is 2.31. The van der Waals surface area contributed by atoms with Gasteiger partial charge in [0.15, 0.2) is 5.75 Å². The van der Waals surface area contributed by atoms with Crippen molar-refractivity contribution in [3.05, 3.63) is 0 Å². The average molecular weight is 265 g/mol. The molecule has 2 nitrogen and oxygen atoms in total. The van der Waals surface area contributed by atoms with Gasteiger partial charge in [-0.05, 0) is 0 Å². The number of sulfone groups is 1. The summed E-state index contributed by atoms with van der Waals surface area (Å²) in [5, 5.41) is 0. The SMILES string of the molecule is O=S(=O)(CC(F)(F)F)C(Cl)(Cl)Cl. The van der Waals surface area contributed by atoms with E-state index in [0.717, 1.165) is 0 Å². The second-order valence-corrected chi connectivity index (χ2v) is 6.90. The normalized spacial score (nSPS) is 14.8. The first-order chi connectivity index (χ1) is 4.96. The van der Waals surface area contributed by atoms with Crippen molar-refractivity contribution < 1.29 is 21.6 Å². The molecular weight excluding hydrogens is 263 g/mol. The standard InChI is InChI=1S/C3H2Cl3F3O2S/c4-3(5,6)12(10,11)1-2(7,8)9/h1H2. The lowest BCUT2D eigenvalue weighted by Gasteiger charge is -2.13. The maximum atomic E-state index is 11.5. The summed E-state index contributed by atoms with van der Waals surface area (Å²) >= 11 is 14.3. The Labute approximate surface area is 81.5 Å². The van der Waals surface area contributed by atoms with Crippen molar-refractivity contribution in [3.8, 4) is 0 Å². The fraction of sp³-hybridized carbons (Fsp3) is 1.00. The summed E-state index contributed by atoms with van der Waals surface area (Å²) in [4.78, 5) is 0. The zero-order valence-electron chi connectivity index (χ0n) is 5.20. The Morgan fingerprint density at radius 2 is 1.42 bits per heavy atom. The molecule has 0 N–H and O–H groups in total. The Hall–Kier alpha value is 0.610. The molecule has 0 heterocycles. The van der Waals surface area contributed by atoms with Crippen molar-refractivity contribution in [2.45, 2.75) is 9.30 Å². The summed E-state index contributed by atoms with van der Waals surface area (Å²) in [6.07, 6.45) is -4.90. The van der Waals surface area contributed by atoms with Gasteiger partial charge in [-0.15, -0.1) is 0 Å². The highest BCUT2D eigenvalue weighted by atomic mass is 35.6. The van der Waals surface area contributed by atoms with Crippen LogP contribution in [0.15, 0.2) is 0 Å². The lowest BCUT2D eigenvalue weighted by Crippen LogP contribution is -2.31. The van der Waals surface area contributed by atoms with Crippen molar-refractivity contribution in [3.63, 3.8) is 0 Å². The van der Waals surface area contributed by atoms with E-state index in [1.165, 1.54) is 0 Å². The van der Waals surface area contributed by atoms with E-state index >= 15 is 0 Å². The van der Waals surface area contributed by atoms with Crippen molar-refractivity contribution in [1.29, 1.82) is 0 Å². The number of alkyl halides is 6. The Bertz CT molecular complexity index is 251. The van der Waals surface area contributed by atoms with Crippen LogP contribution in [0.2, 0.25) is 0 Å². The van der Waals surface area contributed by atoms with Crippen LogP contribution in [0, 0.1) is 0 Å². The molecule has 0 unspecified atom stereocenters. The van der Waals surface area contributed by atoms with Crippen molar-refractivity contribution in [1.82, 2.24) is 0 Å². The molecule has 0 saturated heterocycles.